The highest BCUT2D eigenvalue weighted by Gasteiger charge is 2.36. The molecule has 0 bridgehead atoms. The lowest BCUT2D eigenvalue weighted by Gasteiger charge is -2.18. The van der Waals surface area contributed by atoms with Crippen molar-refractivity contribution in [3.8, 4) is 0 Å². The highest BCUT2D eigenvalue weighted by atomic mass is 16.6. The fourth-order valence-corrected chi connectivity index (χ4v) is 3.01. The largest absolute Gasteiger partial charge is 0.308 e. The Labute approximate surface area is 154 Å². The number of nitrogens with zero attached hydrogens (tertiary/aromatic N) is 2. The topological polar surface area (TPSA) is 115 Å². The summed E-state index contributed by atoms with van der Waals surface area (Å²) in [7, 11) is 0. The summed E-state index contributed by atoms with van der Waals surface area (Å²) in [5.41, 5.74) is -0.333. The zero-order valence-corrected chi connectivity index (χ0v) is 14.1. The molecule has 1 N–H and O–H groups in total. The van der Waals surface area contributed by atoms with E-state index in [2.05, 4.69) is 5.32 Å². The van der Waals surface area contributed by atoms with E-state index in [-0.39, 0.29) is 46.8 Å². The van der Waals surface area contributed by atoms with Gasteiger partial charge in [-0.05, 0) is 24.3 Å². The van der Waals surface area contributed by atoms with Gasteiger partial charge in [0.05, 0.1) is 32.1 Å². The van der Waals surface area contributed by atoms with Crippen LogP contribution in [-0.4, -0.2) is 28.7 Å². The van der Waals surface area contributed by atoms with Crippen LogP contribution in [0, 0.1) is 20.2 Å². The van der Waals surface area contributed by atoms with Gasteiger partial charge in [-0.3, -0.25) is 25.0 Å². The highest BCUT2D eigenvalue weighted by Crippen LogP contribution is 2.28. The summed E-state index contributed by atoms with van der Waals surface area (Å²) in [6.45, 7) is -0.0688. The van der Waals surface area contributed by atoms with E-state index in [0.717, 1.165) is 0 Å². The summed E-state index contributed by atoms with van der Waals surface area (Å²) < 4.78 is 0. The average molecular weight is 365 g/mol. The number of nitro groups is 2. The first-order valence-corrected chi connectivity index (χ1v) is 8.12. The minimum absolute atomic E-state index is 0.0344. The molecule has 27 heavy (non-hydrogen) atoms. The van der Waals surface area contributed by atoms with Crippen molar-refractivity contribution in [3.05, 3.63) is 103 Å². The van der Waals surface area contributed by atoms with Gasteiger partial charge in [0, 0.05) is 13.1 Å². The molecule has 2 aromatic rings. The van der Waals surface area contributed by atoms with Gasteiger partial charge in [-0.15, -0.1) is 0 Å². The first kappa shape index (κ1) is 18.2. The van der Waals surface area contributed by atoms with Crippen molar-refractivity contribution < 1.29 is 14.6 Å². The number of piperidine rings is 1. The van der Waals surface area contributed by atoms with E-state index in [1.54, 1.807) is 36.4 Å². The van der Waals surface area contributed by atoms with E-state index < -0.39 is 15.6 Å². The smallest absolute Gasteiger partial charge is 0.284 e. The van der Waals surface area contributed by atoms with E-state index in [1.807, 2.05) is 0 Å². The molecule has 0 unspecified atom stereocenters. The predicted molar refractivity (Wildman–Crippen MR) is 98.6 cm³/mol. The number of carbonyl (C=O) groups is 1. The molecule has 136 valence electrons. The van der Waals surface area contributed by atoms with Crippen molar-refractivity contribution in [1.29, 1.82) is 0 Å². The second-order valence-corrected chi connectivity index (χ2v) is 5.83. The Morgan fingerprint density at radius 1 is 0.741 bits per heavy atom. The van der Waals surface area contributed by atoms with Crippen LogP contribution < -0.4 is 5.32 Å². The second kappa shape index (κ2) is 7.71. The van der Waals surface area contributed by atoms with Gasteiger partial charge in [0.1, 0.15) is 0 Å². The molecule has 2 aromatic carbocycles. The van der Waals surface area contributed by atoms with Gasteiger partial charge in [-0.25, -0.2) is 0 Å². The van der Waals surface area contributed by atoms with E-state index >= 15 is 0 Å². The normalized spacial score (nSPS) is 18.0. The number of benzene rings is 2. The molecule has 8 nitrogen and oxygen atoms in total. The van der Waals surface area contributed by atoms with E-state index in [0.29, 0.717) is 0 Å². The zero-order chi connectivity index (χ0) is 19.4. The molecular weight excluding hydrogens is 350 g/mol. The van der Waals surface area contributed by atoms with Crippen LogP contribution in [0.4, 0.5) is 0 Å². The summed E-state index contributed by atoms with van der Waals surface area (Å²) in [5, 5.41) is 26.2. The molecular formula is C19H15N3O5. The van der Waals surface area contributed by atoms with E-state index in [9.17, 15) is 25.0 Å². The lowest BCUT2D eigenvalue weighted by atomic mass is 9.92. The van der Waals surface area contributed by atoms with Crippen molar-refractivity contribution >= 4 is 17.2 Å². The van der Waals surface area contributed by atoms with Crippen molar-refractivity contribution in [3.63, 3.8) is 0 Å². The van der Waals surface area contributed by atoms with Crippen LogP contribution in [0.1, 0.15) is 11.1 Å². The third-order valence-electron chi connectivity index (χ3n) is 4.18. The molecule has 0 saturated carbocycles. The maximum absolute atomic E-state index is 13.0. The Hall–Kier alpha value is -3.65. The van der Waals surface area contributed by atoms with Gasteiger partial charge in [0.25, 0.3) is 11.4 Å². The average Bonchev–Trinajstić information content (AvgIpc) is 2.66. The molecule has 1 aliphatic heterocycles. The lowest BCUT2D eigenvalue weighted by molar-refractivity contribution is -0.376. The van der Waals surface area contributed by atoms with Crippen molar-refractivity contribution in [2.24, 2.45) is 0 Å². The monoisotopic (exact) mass is 365 g/mol. The van der Waals surface area contributed by atoms with E-state index in [4.69, 9.17) is 0 Å². The van der Waals surface area contributed by atoms with Gasteiger partial charge in [-0.1, -0.05) is 36.4 Å². The van der Waals surface area contributed by atoms with Gasteiger partial charge in [0.15, 0.2) is 0 Å². The van der Waals surface area contributed by atoms with Gasteiger partial charge in [-0.2, -0.15) is 0 Å². The standard InChI is InChI=1S/C19H15N3O5/c23-19-15(17(21(24)25)13-7-3-1-4-8-13)11-20-12-16(19)18(22(26)27)14-9-5-2-6-10-14/h1-10,20H,11-12H2/b17-15+,18-16+. The summed E-state index contributed by atoms with van der Waals surface area (Å²) >= 11 is 0. The second-order valence-electron chi connectivity index (χ2n) is 5.83. The number of hydrogen-bond donors (Lipinski definition) is 1. The van der Waals surface area contributed by atoms with Crippen LogP contribution in [0.3, 0.4) is 0 Å². The van der Waals surface area contributed by atoms with Crippen LogP contribution in [0.2, 0.25) is 0 Å². The number of hydrogen-bond acceptors (Lipinski definition) is 6. The van der Waals surface area contributed by atoms with Crippen molar-refractivity contribution in [2.45, 2.75) is 0 Å². The van der Waals surface area contributed by atoms with Gasteiger partial charge < -0.3 is 5.32 Å². The quantitative estimate of drug-likeness (QED) is 0.506. The summed E-state index contributed by atoms with van der Waals surface area (Å²) in [4.78, 5) is 35.0. The zero-order valence-electron chi connectivity index (χ0n) is 14.1. The van der Waals surface area contributed by atoms with Gasteiger partial charge >= 0.3 is 0 Å². The molecule has 0 atom stereocenters. The first-order chi connectivity index (χ1) is 13.0. The first-order valence-electron chi connectivity index (χ1n) is 8.12. The SMILES string of the molecule is O=C1/C(=C(\c2ccccc2)[N+](=O)[O-])CNC/C1=C(/c1ccccc1)[N+](=O)[O-]. The minimum atomic E-state index is -0.681. The molecule has 1 heterocycles. The number of Topliss-reactive ketones (excluding diaryl/α,β-unsaturated/α-hetero) is 1. The van der Waals surface area contributed by atoms with Crippen molar-refractivity contribution in [1.82, 2.24) is 5.32 Å². The Bertz CT molecular complexity index is 888. The molecule has 1 aliphatic rings. The fourth-order valence-electron chi connectivity index (χ4n) is 3.01. The Morgan fingerprint density at radius 3 is 1.44 bits per heavy atom. The Morgan fingerprint density at radius 2 is 1.11 bits per heavy atom. The Balaban J connectivity index is 2.20. The molecule has 0 amide bonds. The molecule has 1 saturated heterocycles. The third-order valence-corrected chi connectivity index (χ3v) is 4.18. The van der Waals surface area contributed by atoms with Crippen LogP contribution >= 0.6 is 0 Å². The molecule has 8 heteroatoms. The predicted octanol–water partition coefficient (Wildman–Crippen LogP) is 2.53. The fraction of sp³-hybridized carbons (Fsp3) is 0.105. The molecule has 0 aromatic heterocycles. The minimum Gasteiger partial charge on any atom is -0.308 e. The molecule has 0 spiro atoms. The maximum Gasteiger partial charge on any atom is 0.284 e. The number of carbonyl (C=O) groups excluding carboxylic acids is 1. The van der Waals surface area contributed by atoms with Crippen LogP contribution in [0.5, 0.6) is 0 Å². The van der Waals surface area contributed by atoms with E-state index in [1.165, 1.54) is 24.3 Å². The molecule has 3 rings (SSSR count). The molecule has 1 fully saturated rings. The highest BCUT2D eigenvalue weighted by molar-refractivity contribution is 6.16. The number of nitrogens with one attached hydrogen (secondary N) is 1. The third kappa shape index (κ3) is 3.65. The summed E-state index contributed by atoms with van der Waals surface area (Å²) in [6, 6.07) is 16.0. The van der Waals surface area contributed by atoms with Crippen LogP contribution in [-0.2, 0) is 4.79 Å². The number of ketones is 1. The van der Waals surface area contributed by atoms with Crippen molar-refractivity contribution in [2.75, 3.05) is 13.1 Å². The molecule has 0 aliphatic carbocycles. The Kier molecular flexibility index (Phi) is 5.18. The maximum atomic E-state index is 13.0. The molecule has 0 radical (unpaired) electrons. The van der Waals surface area contributed by atoms with Gasteiger partial charge in [0.2, 0.25) is 5.78 Å². The van der Waals surface area contributed by atoms with Crippen LogP contribution in [0.25, 0.3) is 11.4 Å². The summed E-state index contributed by atoms with van der Waals surface area (Å²) in [5.74, 6) is -0.681. The lowest BCUT2D eigenvalue weighted by Crippen LogP contribution is -2.36. The summed E-state index contributed by atoms with van der Waals surface area (Å²) in [6.07, 6.45) is 0. The number of rotatable bonds is 4. The van der Waals surface area contributed by atoms with Crippen LogP contribution in [0.15, 0.2) is 71.8 Å².